The number of hydrogen-bond acceptors (Lipinski definition) is 4. The van der Waals surface area contributed by atoms with Crippen LogP contribution in [0.15, 0.2) is 42.7 Å². The Hall–Kier alpha value is -2.18. The molecule has 1 aliphatic heterocycles. The van der Waals surface area contributed by atoms with Gasteiger partial charge in [-0.3, -0.25) is 9.69 Å². The highest BCUT2D eigenvalue weighted by atomic mass is 16.2. The van der Waals surface area contributed by atoms with Gasteiger partial charge in [-0.15, -0.1) is 0 Å². The van der Waals surface area contributed by atoms with E-state index in [9.17, 15) is 4.79 Å². The van der Waals surface area contributed by atoms with Gasteiger partial charge in [0.2, 0.25) is 5.91 Å². The third-order valence-electron chi connectivity index (χ3n) is 4.89. The Balaban J connectivity index is 1.51. The van der Waals surface area contributed by atoms with Crippen molar-refractivity contribution < 1.29 is 4.79 Å². The van der Waals surface area contributed by atoms with Crippen molar-refractivity contribution in [3.05, 3.63) is 48.3 Å². The largest absolute Gasteiger partial charge is 0.340 e. The van der Waals surface area contributed by atoms with Gasteiger partial charge in [0.05, 0.1) is 12.2 Å². The highest BCUT2D eigenvalue weighted by Gasteiger charge is 2.26. The van der Waals surface area contributed by atoms with E-state index in [1.54, 1.807) is 6.20 Å². The molecule has 2 aromatic rings. The molecular weight excluding hydrogens is 314 g/mol. The van der Waals surface area contributed by atoms with Crippen molar-refractivity contribution in [2.45, 2.75) is 19.0 Å². The van der Waals surface area contributed by atoms with Crippen LogP contribution in [0.2, 0.25) is 0 Å². The van der Waals surface area contributed by atoms with Gasteiger partial charge in [-0.05, 0) is 44.3 Å². The number of hydrogen-bond donors (Lipinski definition) is 0. The first-order chi connectivity index (χ1) is 12.0. The standard InChI is InChI=1S/C19H27N5O/c1-21(2)18-9-12-23(14-18)15-19(25)22(3)13-16-5-7-17(8-6-16)24-11-4-10-20-24/h4-8,10-11,18H,9,12-15H2,1-3H3/t18-/m0/s1. The fourth-order valence-corrected chi connectivity index (χ4v) is 3.23. The fraction of sp³-hybridized carbons (Fsp3) is 0.474. The van der Waals surface area contributed by atoms with Crippen LogP contribution in [-0.4, -0.2) is 77.2 Å². The molecule has 1 aliphatic rings. The summed E-state index contributed by atoms with van der Waals surface area (Å²) in [7, 11) is 6.09. The highest BCUT2D eigenvalue weighted by Crippen LogP contribution is 2.14. The van der Waals surface area contributed by atoms with E-state index in [1.165, 1.54) is 0 Å². The number of benzene rings is 1. The molecule has 0 spiro atoms. The third-order valence-corrected chi connectivity index (χ3v) is 4.89. The van der Waals surface area contributed by atoms with E-state index in [0.717, 1.165) is 30.8 Å². The second-order valence-corrected chi connectivity index (χ2v) is 7.01. The molecule has 1 saturated heterocycles. The molecule has 0 unspecified atom stereocenters. The Morgan fingerprint density at radius 1 is 1.24 bits per heavy atom. The monoisotopic (exact) mass is 341 g/mol. The average Bonchev–Trinajstić information content (AvgIpc) is 3.27. The van der Waals surface area contributed by atoms with E-state index in [2.05, 4.69) is 41.1 Å². The average molecular weight is 341 g/mol. The molecule has 1 aromatic heterocycles. The molecule has 2 heterocycles. The van der Waals surface area contributed by atoms with Crippen molar-refractivity contribution in [1.29, 1.82) is 0 Å². The molecule has 1 fully saturated rings. The molecule has 0 saturated carbocycles. The van der Waals surface area contributed by atoms with Crippen molar-refractivity contribution in [3.8, 4) is 5.69 Å². The summed E-state index contributed by atoms with van der Waals surface area (Å²) in [4.78, 5) is 18.8. The van der Waals surface area contributed by atoms with Gasteiger partial charge < -0.3 is 9.80 Å². The van der Waals surface area contributed by atoms with E-state index in [4.69, 9.17) is 0 Å². The lowest BCUT2D eigenvalue weighted by molar-refractivity contribution is -0.131. The van der Waals surface area contributed by atoms with E-state index in [0.29, 0.717) is 19.1 Å². The number of carbonyl (C=O) groups is 1. The molecule has 1 atom stereocenters. The van der Waals surface area contributed by atoms with Gasteiger partial charge in [0, 0.05) is 45.1 Å². The molecule has 0 aliphatic carbocycles. The number of rotatable bonds is 6. The number of nitrogens with zero attached hydrogens (tertiary/aromatic N) is 5. The molecule has 1 amide bonds. The summed E-state index contributed by atoms with van der Waals surface area (Å²) in [6.45, 7) is 3.11. The predicted octanol–water partition coefficient (Wildman–Crippen LogP) is 1.47. The maximum atomic E-state index is 12.5. The lowest BCUT2D eigenvalue weighted by Crippen LogP contribution is -2.38. The molecule has 0 N–H and O–H groups in total. The molecule has 1 aromatic carbocycles. The maximum absolute atomic E-state index is 12.5. The van der Waals surface area contributed by atoms with Crippen LogP contribution in [0.25, 0.3) is 5.69 Å². The molecule has 25 heavy (non-hydrogen) atoms. The van der Waals surface area contributed by atoms with Crippen LogP contribution in [0.5, 0.6) is 0 Å². The summed E-state index contributed by atoms with van der Waals surface area (Å²) < 4.78 is 1.83. The fourth-order valence-electron chi connectivity index (χ4n) is 3.23. The Morgan fingerprint density at radius 3 is 2.60 bits per heavy atom. The zero-order chi connectivity index (χ0) is 17.8. The first-order valence-corrected chi connectivity index (χ1v) is 8.74. The number of likely N-dealkylation sites (N-methyl/N-ethyl adjacent to an activating group) is 2. The van der Waals surface area contributed by atoms with Crippen molar-refractivity contribution in [3.63, 3.8) is 0 Å². The van der Waals surface area contributed by atoms with Crippen molar-refractivity contribution in [2.75, 3.05) is 40.8 Å². The van der Waals surface area contributed by atoms with E-state index in [-0.39, 0.29) is 5.91 Å². The van der Waals surface area contributed by atoms with Crippen molar-refractivity contribution in [1.82, 2.24) is 24.5 Å². The third kappa shape index (κ3) is 4.46. The zero-order valence-electron chi connectivity index (χ0n) is 15.3. The first kappa shape index (κ1) is 17.6. The topological polar surface area (TPSA) is 44.6 Å². The zero-order valence-corrected chi connectivity index (χ0v) is 15.3. The number of likely N-dealkylation sites (tertiary alicyclic amines) is 1. The van der Waals surface area contributed by atoms with Gasteiger partial charge in [0.25, 0.3) is 0 Å². The molecular formula is C19H27N5O. The van der Waals surface area contributed by atoms with Gasteiger partial charge >= 0.3 is 0 Å². The number of aromatic nitrogens is 2. The van der Waals surface area contributed by atoms with E-state index < -0.39 is 0 Å². The Morgan fingerprint density at radius 2 is 2.00 bits per heavy atom. The minimum Gasteiger partial charge on any atom is -0.340 e. The Kier molecular flexibility index (Phi) is 5.50. The van der Waals surface area contributed by atoms with Crippen LogP contribution in [0.3, 0.4) is 0 Å². The predicted molar refractivity (Wildman–Crippen MR) is 98.6 cm³/mol. The van der Waals surface area contributed by atoms with Gasteiger partial charge in [0.15, 0.2) is 0 Å². The van der Waals surface area contributed by atoms with Crippen LogP contribution in [0, 0.1) is 0 Å². The summed E-state index contributed by atoms with van der Waals surface area (Å²) in [5.74, 6) is 0.176. The molecule has 134 valence electrons. The first-order valence-electron chi connectivity index (χ1n) is 8.74. The van der Waals surface area contributed by atoms with Crippen LogP contribution in [-0.2, 0) is 11.3 Å². The minimum atomic E-state index is 0.176. The maximum Gasteiger partial charge on any atom is 0.236 e. The van der Waals surface area contributed by atoms with Gasteiger partial charge in [0.1, 0.15) is 0 Å². The molecule has 6 heteroatoms. The van der Waals surface area contributed by atoms with E-state index >= 15 is 0 Å². The Bertz CT molecular complexity index is 680. The summed E-state index contributed by atoms with van der Waals surface area (Å²) in [6, 6.07) is 10.6. The molecule has 6 nitrogen and oxygen atoms in total. The van der Waals surface area contributed by atoms with Crippen molar-refractivity contribution in [2.24, 2.45) is 0 Å². The Labute approximate surface area is 149 Å². The molecule has 3 rings (SSSR count). The van der Waals surface area contributed by atoms with Crippen LogP contribution in [0.4, 0.5) is 0 Å². The lowest BCUT2D eigenvalue weighted by Gasteiger charge is -2.23. The smallest absolute Gasteiger partial charge is 0.236 e. The second kappa shape index (κ2) is 7.80. The summed E-state index contributed by atoms with van der Waals surface area (Å²) in [5, 5.41) is 4.22. The van der Waals surface area contributed by atoms with Crippen LogP contribution >= 0.6 is 0 Å². The van der Waals surface area contributed by atoms with Crippen LogP contribution < -0.4 is 0 Å². The quantitative estimate of drug-likeness (QED) is 0.798. The molecule has 0 bridgehead atoms. The summed E-state index contributed by atoms with van der Waals surface area (Å²) in [6.07, 6.45) is 4.82. The normalized spacial score (nSPS) is 18.0. The SMILES string of the molecule is CN(Cc1ccc(-n2cccn2)cc1)C(=O)CN1CC[C@H](N(C)C)C1. The summed E-state index contributed by atoms with van der Waals surface area (Å²) >= 11 is 0. The number of carbonyl (C=O) groups excluding carboxylic acids is 1. The van der Waals surface area contributed by atoms with Crippen molar-refractivity contribution >= 4 is 5.91 Å². The van der Waals surface area contributed by atoms with Gasteiger partial charge in [-0.2, -0.15) is 5.10 Å². The molecule has 0 radical (unpaired) electrons. The highest BCUT2D eigenvalue weighted by molar-refractivity contribution is 5.78. The van der Waals surface area contributed by atoms with Gasteiger partial charge in [-0.1, -0.05) is 12.1 Å². The second-order valence-electron chi connectivity index (χ2n) is 7.01. The number of amides is 1. The van der Waals surface area contributed by atoms with Gasteiger partial charge in [-0.25, -0.2) is 4.68 Å². The minimum absolute atomic E-state index is 0.176. The summed E-state index contributed by atoms with van der Waals surface area (Å²) in [5.41, 5.74) is 2.15. The van der Waals surface area contributed by atoms with Crippen LogP contribution in [0.1, 0.15) is 12.0 Å². The van der Waals surface area contributed by atoms with E-state index in [1.807, 2.05) is 41.0 Å². The lowest BCUT2D eigenvalue weighted by atomic mass is 10.2.